The Morgan fingerprint density at radius 3 is 2.86 bits per heavy atom. The first-order valence-electron chi connectivity index (χ1n) is 9.07. The van der Waals surface area contributed by atoms with E-state index in [1.807, 2.05) is 25.1 Å². The second kappa shape index (κ2) is 8.16. The molecular formula is C21H20FN3O3S. The molecule has 8 heteroatoms. The van der Waals surface area contributed by atoms with Crippen molar-refractivity contribution in [3.63, 3.8) is 0 Å². The first-order valence-corrected chi connectivity index (χ1v) is 10.1. The lowest BCUT2D eigenvalue weighted by Crippen LogP contribution is -2.12. The molecule has 1 aliphatic heterocycles. The van der Waals surface area contributed by atoms with Gasteiger partial charge < -0.3 is 14.8 Å². The van der Waals surface area contributed by atoms with Gasteiger partial charge in [-0.1, -0.05) is 24.3 Å². The zero-order chi connectivity index (χ0) is 20.4. The summed E-state index contributed by atoms with van der Waals surface area (Å²) in [6.45, 7) is 2.03. The third-order valence-corrected chi connectivity index (χ3v) is 6.00. The molecule has 1 atom stereocenters. The van der Waals surface area contributed by atoms with E-state index in [0.717, 1.165) is 16.8 Å². The van der Waals surface area contributed by atoms with Crippen molar-refractivity contribution in [2.75, 3.05) is 18.2 Å². The number of hydrogen-bond donors (Lipinski definition) is 2. The van der Waals surface area contributed by atoms with E-state index in [2.05, 4.69) is 15.5 Å². The van der Waals surface area contributed by atoms with Crippen LogP contribution in [0.1, 0.15) is 27.6 Å². The van der Waals surface area contributed by atoms with Crippen LogP contribution in [-0.2, 0) is 11.4 Å². The summed E-state index contributed by atoms with van der Waals surface area (Å²) in [5.74, 6) is 1.57. The number of rotatable bonds is 5. The van der Waals surface area contributed by atoms with E-state index in [1.54, 1.807) is 25.3 Å². The second-order valence-corrected chi connectivity index (χ2v) is 7.73. The monoisotopic (exact) mass is 413 g/mol. The van der Waals surface area contributed by atoms with Crippen LogP contribution >= 0.6 is 11.8 Å². The Morgan fingerprint density at radius 1 is 1.24 bits per heavy atom. The number of anilines is 1. The molecule has 1 aromatic heterocycles. The number of aromatic amines is 1. The van der Waals surface area contributed by atoms with Crippen molar-refractivity contribution in [2.24, 2.45) is 0 Å². The zero-order valence-corrected chi connectivity index (χ0v) is 16.8. The molecule has 6 nitrogen and oxygen atoms in total. The van der Waals surface area contributed by atoms with E-state index in [1.165, 1.54) is 17.8 Å². The number of hydrogen-bond acceptors (Lipinski definition) is 5. The molecule has 0 saturated heterocycles. The summed E-state index contributed by atoms with van der Waals surface area (Å²) < 4.78 is 25.2. The minimum absolute atomic E-state index is 0.0814. The van der Waals surface area contributed by atoms with Gasteiger partial charge in [-0.15, -0.1) is 11.8 Å². The molecule has 1 aliphatic rings. The summed E-state index contributed by atoms with van der Waals surface area (Å²) >= 11 is 1.53. The maximum Gasteiger partial charge on any atom is 0.235 e. The van der Waals surface area contributed by atoms with E-state index in [-0.39, 0.29) is 23.6 Å². The molecule has 0 spiro atoms. The molecule has 2 N–H and O–H groups in total. The van der Waals surface area contributed by atoms with Crippen LogP contribution in [-0.4, -0.2) is 29.0 Å². The Hall–Kier alpha value is -3.00. The number of nitrogens with one attached hydrogen (secondary N) is 2. The topological polar surface area (TPSA) is 76.2 Å². The summed E-state index contributed by atoms with van der Waals surface area (Å²) in [6.07, 6.45) is 0. The van der Waals surface area contributed by atoms with Crippen molar-refractivity contribution >= 4 is 23.5 Å². The second-order valence-electron chi connectivity index (χ2n) is 6.64. The van der Waals surface area contributed by atoms with E-state index < -0.39 is 0 Å². The van der Waals surface area contributed by atoms with Gasteiger partial charge in [0, 0.05) is 16.8 Å². The number of carbonyl (C=O) groups is 1. The van der Waals surface area contributed by atoms with Gasteiger partial charge in [0.2, 0.25) is 5.91 Å². The van der Waals surface area contributed by atoms with Crippen LogP contribution in [0.25, 0.3) is 0 Å². The molecule has 2 aromatic carbocycles. The number of benzene rings is 2. The van der Waals surface area contributed by atoms with E-state index >= 15 is 0 Å². The summed E-state index contributed by atoms with van der Waals surface area (Å²) in [5.41, 5.74) is 3.29. The molecule has 1 amide bonds. The predicted octanol–water partition coefficient (Wildman–Crippen LogP) is 4.22. The third kappa shape index (κ3) is 3.93. The molecule has 150 valence electrons. The summed E-state index contributed by atoms with van der Waals surface area (Å²) in [4.78, 5) is 12.0. The number of halogens is 1. The number of fused-ring (bicyclic) bond motifs is 1. The number of methoxy groups -OCH3 is 1. The lowest BCUT2D eigenvalue weighted by Gasteiger charge is -2.18. The molecule has 3 aromatic rings. The van der Waals surface area contributed by atoms with Gasteiger partial charge in [-0.05, 0) is 30.7 Å². The van der Waals surface area contributed by atoms with Crippen molar-refractivity contribution < 1.29 is 18.7 Å². The molecule has 0 aliphatic carbocycles. The lowest BCUT2D eigenvalue weighted by atomic mass is 10.0. The molecule has 0 radical (unpaired) electrons. The smallest absolute Gasteiger partial charge is 0.235 e. The van der Waals surface area contributed by atoms with Crippen molar-refractivity contribution in [1.29, 1.82) is 0 Å². The van der Waals surface area contributed by atoms with Crippen LogP contribution in [0.4, 0.5) is 10.2 Å². The number of aromatic nitrogens is 2. The van der Waals surface area contributed by atoms with Crippen LogP contribution in [0.3, 0.4) is 0 Å². The zero-order valence-electron chi connectivity index (χ0n) is 16.0. The number of aryl methyl sites for hydroxylation is 1. The van der Waals surface area contributed by atoms with Gasteiger partial charge in [0.05, 0.1) is 18.1 Å². The van der Waals surface area contributed by atoms with Gasteiger partial charge in [0.25, 0.3) is 0 Å². The van der Waals surface area contributed by atoms with Crippen LogP contribution in [0.5, 0.6) is 11.5 Å². The fourth-order valence-corrected chi connectivity index (χ4v) is 4.45. The first-order chi connectivity index (χ1) is 14.1. The standard InChI is InChI=1S/C21H20FN3O3S/c1-12-19-20(29-11-18(26)23-21(19)25-24-12)13-7-8-16(17(9-13)27-2)28-10-14-5-3-4-6-15(14)22/h3-9,20H,10-11H2,1-2H3,(H2,23,24,25,26). The summed E-state index contributed by atoms with van der Waals surface area (Å²) in [7, 11) is 1.56. The molecule has 2 heterocycles. The molecule has 1 unspecified atom stereocenters. The maximum absolute atomic E-state index is 13.8. The Morgan fingerprint density at radius 2 is 2.07 bits per heavy atom. The molecule has 0 fully saturated rings. The van der Waals surface area contributed by atoms with Crippen LogP contribution in [0.15, 0.2) is 42.5 Å². The Kier molecular flexibility index (Phi) is 5.44. The molecule has 4 rings (SSSR count). The third-order valence-electron chi connectivity index (χ3n) is 4.73. The molecule has 29 heavy (non-hydrogen) atoms. The van der Waals surface area contributed by atoms with Crippen molar-refractivity contribution in [2.45, 2.75) is 18.8 Å². The molecule has 0 saturated carbocycles. The average Bonchev–Trinajstić information content (AvgIpc) is 2.98. The fourth-order valence-electron chi connectivity index (χ4n) is 3.26. The number of amides is 1. The molecular weight excluding hydrogens is 393 g/mol. The van der Waals surface area contributed by atoms with Crippen molar-refractivity contribution in [3.05, 3.63) is 70.7 Å². The Balaban J connectivity index is 1.62. The minimum Gasteiger partial charge on any atom is -0.493 e. The van der Waals surface area contributed by atoms with E-state index in [0.29, 0.717) is 28.6 Å². The maximum atomic E-state index is 13.8. The fraction of sp³-hybridized carbons (Fsp3) is 0.238. The van der Waals surface area contributed by atoms with Gasteiger partial charge in [0.1, 0.15) is 12.4 Å². The average molecular weight is 413 g/mol. The van der Waals surface area contributed by atoms with Gasteiger partial charge in [0.15, 0.2) is 17.3 Å². The Bertz CT molecular complexity index is 1050. The number of nitrogens with zero attached hydrogens (tertiary/aromatic N) is 1. The van der Waals surface area contributed by atoms with Crippen LogP contribution in [0.2, 0.25) is 0 Å². The first kappa shape index (κ1) is 19.3. The van der Waals surface area contributed by atoms with Crippen molar-refractivity contribution in [3.8, 4) is 11.5 Å². The predicted molar refractivity (Wildman–Crippen MR) is 110 cm³/mol. The SMILES string of the molecule is COc1cc(C2SCC(=O)Nc3n[nH]c(C)c32)ccc1OCc1ccccc1F. The highest BCUT2D eigenvalue weighted by Gasteiger charge is 2.28. The van der Waals surface area contributed by atoms with Gasteiger partial charge in [-0.3, -0.25) is 9.89 Å². The minimum atomic E-state index is -0.307. The molecule has 0 bridgehead atoms. The summed E-state index contributed by atoms with van der Waals surface area (Å²) in [6, 6.07) is 12.1. The highest BCUT2D eigenvalue weighted by molar-refractivity contribution is 8.00. The van der Waals surface area contributed by atoms with Gasteiger partial charge >= 0.3 is 0 Å². The van der Waals surface area contributed by atoms with E-state index in [4.69, 9.17) is 9.47 Å². The van der Waals surface area contributed by atoms with Crippen LogP contribution in [0, 0.1) is 12.7 Å². The van der Waals surface area contributed by atoms with E-state index in [9.17, 15) is 9.18 Å². The van der Waals surface area contributed by atoms with Gasteiger partial charge in [-0.25, -0.2) is 4.39 Å². The normalized spacial score (nSPS) is 16.0. The Labute approximate surface area is 171 Å². The summed E-state index contributed by atoms with van der Waals surface area (Å²) in [5, 5.41) is 9.90. The number of thioether (sulfide) groups is 1. The van der Waals surface area contributed by atoms with Crippen LogP contribution < -0.4 is 14.8 Å². The quantitative estimate of drug-likeness (QED) is 0.655. The highest BCUT2D eigenvalue weighted by Crippen LogP contribution is 2.44. The number of carbonyl (C=O) groups excluding carboxylic acids is 1. The lowest BCUT2D eigenvalue weighted by molar-refractivity contribution is -0.113. The highest BCUT2D eigenvalue weighted by atomic mass is 32.2. The number of H-pyrrole nitrogens is 1. The largest absolute Gasteiger partial charge is 0.493 e. The van der Waals surface area contributed by atoms with Crippen molar-refractivity contribution in [1.82, 2.24) is 10.2 Å². The number of ether oxygens (including phenoxy) is 2. The van der Waals surface area contributed by atoms with Gasteiger partial charge in [-0.2, -0.15) is 5.10 Å².